The topological polar surface area (TPSA) is 104 Å². The highest BCUT2D eigenvalue weighted by molar-refractivity contribution is 5.93. The summed E-state index contributed by atoms with van der Waals surface area (Å²) in [6.07, 6.45) is 1.27. The summed E-state index contributed by atoms with van der Waals surface area (Å²) in [7, 11) is 0. The minimum absolute atomic E-state index is 0.0817. The number of anilines is 1. The Morgan fingerprint density at radius 3 is 2.47 bits per heavy atom. The average molecular weight is 488 g/mol. The van der Waals surface area contributed by atoms with Crippen LogP contribution in [0.1, 0.15) is 28.4 Å². The summed E-state index contributed by atoms with van der Waals surface area (Å²) in [6.45, 7) is 5.60. The van der Waals surface area contributed by atoms with Crippen molar-refractivity contribution in [2.75, 3.05) is 18.5 Å². The summed E-state index contributed by atoms with van der Waals surface area (Å²) in [6, 6.07) is 16.8. The number of rotatable bonds is 8. The Morgan fingerprint density at radius 2 is 1.72 bits per heavy atom. The van der Waals surface area contributed by atoms with Gasteiger partial charge in [-0.15, -0.1) is 0 Å². The predicted octanol–water partition coefficient (Wildman–Crippen LogP) is 5.40. The van der Waals surface area contributed by atoms with Gasteiger partial charge in [-0.2, -0.15) is 0 Å². The van der Waals surface area contributed by atoms with E-state index in [-0.39, 0.29) is 24.4 Å². The third kappa shape index (κ3) is 5.72. The Bertz CT molecular complexity index is 1470. The number of aryl methyl sites for hydroxylation is 2. The summed E-state index contributed by atoms with van der Waals surface area (Å²) in [4.78, 5) is 36.9. The third-order valence-corrected chi connectivity index (χ3v) is 5.33. The molecule has 0 aliphatic heterocycles. The standard InChI is InChI=1S/C28H25NO7/c1-4-33-28(32)19-7-9-20(10-8-19)29-26(30)16-34-21-11-12-22-24(14-21)35-15-25(27(22)31)36-23-13-17(2)5-6-18(23)3/h5-15H,4,16H2,1-3H3,(H,29,30). The van der Waals surface area contributed by atoms with E-state index in [0.717, 1.165) is 11.1 Å². The molecule has 1 aromatic heterocycles. The van der Waals surface area contributed by atoms with E-state index in [1.165, 1.54) is 6.26 Å². The fourth-order valence-corrected chi connectivity index (χ4v) is 3.44. The molecular formula is C28H25NO7. The van der Waals surface area contributed by atoms with Crippen molar-refractivity contribution >= 4 is 28.5 Å². The van der Waals surface area contributed by atoms with Crippen molar-refractivity contribution in [3.63, 3.8) is 0 Å². The molecule has 4 rings (SSSR count). The number of amides is 1. The van der Waals surface area contributed by atoms with Crippen LogP contribution in [-0.4, -0.2) is 25.1 Å². The second-order valence-electron chi connectivity index (χ2n) is 8.09. The van der Waals surface area contributed by atoms with E-state index in [0.29, 0.717) is 33.7 Å². The minimum atomic E-state index is -0.425. The molecule has 8 nitrogen and oxygen atoms in total. The van der Waals surface area contributed by atoms with Crippen molar-refractivity contribution in [3.8, 4) is 17.2 Å². The van der Waals surface area contributed by atoms with Gasteiger partial charge >= 0.3 is 5.97 Å². The van der Waals surface area contributed by atoms with Crippen LogP contribution >= 0.6 is 0 Å². The second-order valence-corrected chi connectivity index (χ2v) is 8.09. The zero-order valence-corrected chi connectivity index (χ0v) is 20.1. The van der Waals surface area contributed by atoms with E-state index >= 15 is 0 Å². The number of hydrogen-bond donors (Lipinski definition) is 1. The van der Waals surface area contributed by atoms with E-state index in [1.807, 2.05) is 32.0 Å². The molecule has 0 fully saturated rings. The molecule has 0 saturated heterocycles. The zero-order valence-electron chi connectivity index (χ0n) is 20.1. The van der Waals surface area contributed by atoms with E-state index in [2.05, 4.69) is 5.32 Å². The average Bonchev–Trinajstić information content (AvgIpc) is 2.87. The smallest absolute Gasteiger partial charge is 0.338 e. The molecule has 184 valence electrons. The van der Waals surface area contributed by atoms with Gasteiger partial charge < -0.3 is 23.9 Å². The largest absolute Gasteiger partial charge is 0.484 e. The lowest BCUT2D eigenvalue weighted by molar-refractivity contribution is -0.118. The zero-order chi connectivity index (χ0) is 25.7. The highest BCUT2D eigenvalue weighted by Crippen LogP contribution is 2.27. The fraction of sp³-hybridized carbons (Fsp3) is 0.179. The van der Waals surface area contributed by atoms with Crippen LogP contribution in [0.25, 0.3) is 11.0 Å². The van der Waals surface area contributed by atoms with Crippen molar-refractivity contribution in [3.05, 3.63) is 93.8 Å². The van der Waals surface area contributed by atoms with E-state index < -0.39 is 11.9 Å². The molecule has 0 bridgehead atoms. The molecule has 0 atom stereocenters. The summed E-state index contributed by atoms with van der Waals surface area (Å²) < 4.78 is 21.9. The van der Waals surface area contributed by atoms with Gasteiger partial charge in [0.2, 0.25) is 11.2 Å². The van der Waals surface area contributed by atoms with Crippen LogP contribution in [-0.2, 0) is 9.53 Å². The van der Waals surface area contributed by atoms with Gasteiger partial charge in [0.25, 0.3) is 5.91 Å². The number of ether oxygens (including phenoxy) is 3. The Labute approximate surface area is 207 Å². The van der Waals surface area contributed by atoms with Gasteiger partial charge in [0, 0.05) is 11.8 Å². The number of benzene rings is 3. The first-order valence-corrected chi connectivity index (χ1v) is 11.3. The van der Waals surface area contributed by atoms with Gasteiger partial charge in [0.15, 0.2) is 6.61 Å². The third-order valence-electron chi connectivity index (χ3n) is 5.33. The Balaban J connectivity index is 1.40. The monoisotopic (exact) mass is 487 g/mol. The fourth-order valence-electron chi connectivity index (χ4n) is 3.44. The molecule has 3 aromatic carbocycles. The maximum atomic E-state index is 12.9. The molecule has 1 amide bonds. The first-order valence-electron chi connectivity index (χ1n) is 11.3. The van der Waals surface area contributed by atoms with Gasteiger partial charge in [-0.3, -0.25) is 9.59 Å². The lowest BCUT2D eigenvalue weighted by Crippen LogP contribution is -2.20. The normalized spacial score (nSPS) is 10.6. The second kappa shape index (κ2) is 10.8. The Hall–Kier alpha value is -4.59. The number of carbonyl (C=O) groups is 2. The molecule has 0 aliphatic rings. The summed E-state index contributed by atoms with van der Waals surface area (Å²) in [5.74, 6) is 0.214. The number of esters is 1. The van der Waals surface area contributed by atoms with Crippen molar-refractivity contribution in [1.82, 2.24) is 0 Å². The number of hydrogen-bond acceptors (Lipinski definition) is 7. The highest BCUT2D eigenvalue weighted by atomic mass is 16.5. The van der Waals surface area contributed by atoms with Crippen LogP contribution in [0.4, 0.5) is 5.69 Å². The maximum absolute atomic E-state index is 12.9. The molecule has 1 heterocycles. The molecule has 1 N–H and O–H groups in total. The molecule has 8 heteroatoms. The van der Waals surface area contributed by atoms with Crippen molar-refractivity contribution in [2.24, 2.45) is 0 Å². The van der Waals surface area contributed by atoms with Gasteiger partial charge in [-0.05, 0) is 74.4 Å². The van der Waals surface area contributed by atoms with Crippen LogP contribution in [0.5, 0.6) is 17.2 Å². The van der Waals surface area contributed by atoms with E-state index in [9.17, 15) is 14.4 Å². The lowest BCUT2D eigenvalue weighted by Gasteiger charge is -2.10. The summed E-state index contributed by atoms with van der Waals surface area (Å²) >= 11 is 0. The van der Waals surface area contributed by atoms with Crippen molar-refractivity contribution in [2.45, 2.75) is 20.8 Å². The van der Waals surface area contributed by atoms with Crippen LogP contribution in [0, 0.1) is 13.8 Å². The minimum Gasteiger partial charge on any atom is -0.484 e. The quantitative estimate of drug-likeness (QED) is 0.332. The first kappa shape index (κ1) is 24.5. The lowest BCUT2D eigenvalue weighted by atomic mass is 10.1. The molecule has 0 aliphatic carbocycles. The van der Waals surface area contributed by atoms with Gasteiger partial charge in [0.05, 0.1) is 17.6 Å². The molecule has 0 radical (unpaired) electrons. The molecule has 0 spiro atoms. The van der Waals surface area contributed by atoms with Crippen molar-refractivity contribution in [1.29, 1.82) is 0 Å². The van der Waals surface area contributed by atoms with Crippen molar-refractivity contribution < 1.29 is 28.2 Å². The summed E-state index contributed by atoms with van der Waals surface area (Å²) in [5, 5.41) is 3.02. The molecular weight excluding hydrogens is 462 g/mol. The van der Waals surface area contributed by atoms with Gasteiger partial charge in [-0.25, -0.2) is 4.79 Å². The highest BCUT2D eigenvalue weighted by Gasteiger charge is 2.13. The number of carbonyl (C=O) groups excluding carboxylic acids is 2. The Kier molecular flexibility index (Phi) is 7.34. The maximum Gasteiger partial charge on any atom is 0.338 e. The molecule has 0 unspecified atom stereocenters. The van der Waals surface area contributed by atoms with E-state index in [4.69, 9.17) is 18.6 Å². The molecule has 4 aromatic rings. The molecule has 0 saturated carbocycles. The van der Waals surface area contributed by atoms with Gasteiger partial charge in [-0.1, -0.05) is 12.1 Å². The first-order chi connectivity index (χ1) is 17.3. The molecule has 36 heavy (non-hydrogen) atoms. The number of fused-ring (bicyclic) bond motifs is 1. The predicted molar refractivity (Wildman–Crippen MR) is 135 cm³/mol. The van der Waals surface area contributed by atoms with Crippen LogP contribution in [0.2, 0.25) is 0 Å². The SMILES string of the molecule is CCOC(=O)c1ccc(NC(=O)COc2ccc3c(=O)c(Oc4cc(C)ccc4C)coc3c2)cc1. The Morgan fingerprint density at radius 1 is 0.944 bits per heavy atom. The summed E-state index contributed by atoms with van der Waals surface area (Å²) in [5.41, 5.74) is 2.81. The van der Waals surface area contributed by atoms with Crippen LogP contribution < -0.4 is 20.2 Å². The van der Waals surface area contributed by atoms with E-state index in [1.54, 1.807) is 49.4 Å². The number of nitrogens with one attached hydrogen (secondary N) is 1. The van der Waals surface area contributed by atoms with Crippen LogP contribution in [0.15, 0.2) is 76.1 Å². The van der Waals surface area contributed by atoms with Gasteiger partial charge in [0.1, 0.15) is 23.3 Å². The van der Waals surface area contributed by atoms with Crippen LogP contribution in [0.3, 0.4) is 0 Å².